The van der Waals surface area contributed by atoms with Crippen molar-refractivity contribution in [2.45, 2.75) is 79.1 Å². The molecule has 0 aliphatic carbocycles. The molecule has 0 fully saturated rings. The predicted molar refractivity (Wildman–Crippen MR) is 301 cm³/mol. The molecule has 9 aromatic carbocycles. The monoisotopic (exact) mass is 906 g/mol. The van der Waals surface area contributed by atoms with Gasteiger partial charge in [0.05, 0.1) is 44.5 Å². The van der Waals surface area contributed by atoms with Crippen LogP contribution >= 0.6 is 0 Å². The van der Waals surface area contributed by atoms with E-state index in [2.05, 4.69) is 242 Å². The summed E-state index contributed by atoms with van der Waals surface area (Å²) in [6.45, 7) is 13.6. The first-order valence-electron chi connectivity index (χ1n) is 25.6. The van der Waals surface area contributed by atoms with E-state index < -0.39 is 0 Å². The molecular formula is C66H58N4. The van der Waals surface area contributed by atoms with Gasteiger partial charge >= 0.3 is 0 Å². The van der Waals surface area contributed by atoms with Crippen molar-refractivity contribution >= 4 is 110 Å². The van der Waals surface area contributed by atoms with Crippen LogP contribution in [0, 0.1) is 0 Å². The molecule has 4 aromatic heterocycles. The number of hydrogen-bond donors (Lipinski definition) is 0. The highest BCUT2D eigenvalue weighted by molar-refractivity contribution is 6.32. The van der Waals surface area contributed by atoms with Gasteiger partial charge in [0.15, 0.2) is 0 Å². The molecule has 4 heteroatoms. The maximum absolute atomic E-state index is 2.61. The summed E-state index contributed by atoms with van der Waals surface area (Å²) in [6.07, 6.45) is 4.29. The average Bonchev–Trinajstić information content (AvgIpc) is 4.11. The Hall–Kier alpha value is -7.82. The van der Waals surface area contributed by atoms with Crippen LogP contribution in [0.2, 0.25) is 0 Å². The Morgan fingerprint density at radius 2 is 0.714 bits per heavy atom. The van der Waals surface area contributed by atoms with E-state index in [1.54, 1.807) is 0 Å². The van der Waals surface area contributed by atoms with Crippen molar-refractivity contribution in [2.24, 2.45) is 0 Å². The van der Waals surface area contributed by atoms with Crippen LogP contribution in [0.5, 0.6) is 0 Å². The third kappa shape index (κ3) is 6.35. The van der Waals surface area contributed by atoms with Crippen molar-refractivity contribution in [3.63, 3.8) is 0 Å². The van der Waals surface area contributed by atoms with Gasteiger partial charge < -0.3 is 18.6 Å². The Balaban J connectivity index is 1.12. The van der Waals surface area contributed by atoms with Crippen LogP contribution in [-0.4, -0.2) is 8.80 Å². The highest BCUT2D eigenvalue weighted by Crippen LogP contribution is 2.51. The number of rotatable bonds is 12. The van der Waals surface area contributed by atoms with Gasteiger partial charge in [-0.25, -0.2) is 0 Å². The van der Waals surface area contributed by atoms with Crippen LogP contribution < -0.4 is 9.80 Å². The van der Waals surface area contributed by atoms with E-state index in [0.29, 0.717) is 11.8 Å². The van der Waals surface area contributed by atoms with Crippen LogP contribution in [0.4, 0.5) is 34.1 Å². The third-order valence-corrected chi connectivity index (χ3v) is 15.3. The van der Waals surface area contributed by atoms with Crippen LogP contribution in [0.3, 0.4) is 0 Å². The average molecular weight is 907 g/mol. The summed E-state index contributed by atoms with van der Waals surface area (Å²) in [7, 11) is 0. The molecule has 0 atom stereocenters. The number of nitrogens with zero attached hydrogens (tertiary/aromatic N) is 4. The topological polar surface area (TPSA) is 15.3 Å². The Kier molecular flexibility index (Phi) is 9.92. The summed E-state index contributed by atoms with van der Waals surface area (Å²) in [6, 6.07) is 69.4. The van der Waals surface area contributed by atoms with Gasteiger partial charge in [0.25, 0.3) is 0 Å². The van der Waals surface area contributed by atoms with Crippen molar-refractivity contribution < 1.29 is 0 Å². The van der Waals surface area contributed by atoms with Crippen LogP contribution in [-0.2, 0) is 12.8 Å². The van der Waals surface area contributed by atoms with E-state index in [-0.39, 0.29) is 0 Å². The maximum atomic E-state index is 2.61. The van der Waals surface area contributed by atoms with Gasteiger partial charge in [0, 0.05) is 65.8 Å². The lowest BCUT2D eigenvalue weighted by atomic mass is 10.00. The first-order valence-corrected chi connectivity index (χ1v) is 25.6. The zero-order valence-corrected chi connectivity index (χ0v) is 41.1. The van der Waals surface area contributed by atoms with E-state index in [4.69, 9.17) is 0 Å². The highest BCUT2D eigenvalue weighted by Gasteiger charge is 2.28. The SMILES string of the molecule is CCCc1ccc2c3c(N(c4ccccc4)c4ccc(C(C)C)cc4)ccc4c5cc6c(cc5n(c2c1)c43)c1ccc(N(c2ccccc2)c2ccc(C(C)C)cc2)c2c3ccc(CCC)cc3n6c12. The molecule has 0 saturated carbocycles. The smallest absolute Gasteiger partial charge is 0.0641 e. The quantitative estimate of drug-likeness (QED) is 0.121. The standard InChI is InChI=1S/C66H58N4/c1-7-15-43-21-31-53-59(37-43)69-61-39-56-52-34-36-58(68(48-19-13-10-14-20-48)50-29-25-46(26-30-50)42(5)6)64-54-32-22-44(16-8-2)38-60(54)70(66(52)64)62(56)40-55(61)51-33-35-57(63(53)65(51)69)67(47-17-11-9-12-18-47)49-27-23-45(24-28-49)41(3)4/h9-14,17-42H,7-8,15-16H2,1-6H3. The second-order valence-corrected chi connectivity index (χ2v) is 20.3. The van der Waals surface area contributed by atoms with Crippen molar-refractivity contribution in [3.8, 4) is 0 Å². The molecule has 4 heterocycles. The molecule has 0 saturated heterocycles. The summed E-state index contributed by atoms with van der Waals surface area (Å²) in [5.41, 5.74) is 20.0. The van der Waals surface area contributed by atoms with E-state index in [1.807, 2.05) is 0 Å². The Bertz CT molecular complexity index is 3800. The summed E-state index contributed by atoms with van der Waals surface area (Å²) >= 11 is 0. The third-order valence-electron chi connectivity index (χ3n) is 15.3. The molecular weight excluding hydrogens is 849 g/mol. The van der Waals surface area contributed by atoms with E-state index in [9.17, 15) is 0 Å². The fourth-order valence-electron chi connectivity index (χ4n) is 11.9. The number of anilines is 6. The lowest BCUT2D eigenvalue weighted by Crippen LogP contribution is -2.10. The summed E-state index contributed by atoms with van der Waals surface area (Å²) < 4.78 is 5.22. The number of hydrogen-bond acceptors (Lipinski definition) is 2. The molecule has 0 amide bonds. The molecule has 0 bridgehead atoms. The molecule has 13 rings (SSSR count). The van der Waals surface area contributed by atoms with E-state index >= 15 is 0 Å². The van der Waals surface area contributed by atoms with Crippen molar-refractivity contribution in [2.75, 3.05) is 9.80 Å². The zero-order valence-electron chi connectivity index (χ0n) is 41.1. The molecule has 0 N–H and O–H groups in total. The Morgan fingerprint density at radius 1 is 0.357 bits per heavy atom. The van der Waals surface area contributed by atoms with Crippen LogP contribution in [0.15, 0.2) is 182 Å². The lowest BCUT2D eigenvalue weighted by molar-refractivity contribution is 0.866. The van der Waals surface area contributed by atoms with E-state index in [1.165, 1.54) is 110 Å². The van der Waals surface area contributed by atoms with Gasteiger partial charge in [-0.3, -0.25) is 0 Å². The van der Waals surface area contributed by atoms with Crippen LogP contribution in [0.25, 0.3) is 76.2 Å². The maximum Gasteiger partial charge on any atom is 0.0641 e. The molecule has 0 unspecified atom stereocenters. The van der Waals surface area contributed by atoms with Crippen molar-refractivity contribution in [1.82, 2.24) is 8.80 Å². The fourth-order valence-corrected chi connectivity index (χ4v) is 11.9. The minimum absolute atomic E-state index is 0.458. The molecule has 0 aliphatic rings. The van der Waals surface area contributed by atoms with Crippen molar-refractivity contribution in [1.29, 1.82) is 0 Å². The number of para-hydroxylation sites is 2. The van der Waals surface area contributed by atoms with Gasteiger partial charge in [0.2, 0.25) is 0 Å². The summed E-state index contributed by atoms with van der Waals surface area (Å²) in [5, 5.41) is 10.3. The molecule has 0 spiro atoms. The van der Waals surface area contributed by atoms with Crippen molar-refractivity contribution in [3.05, 3.63) is 204 Å². The molecule has 4 nitrogen and oxygen atoms in total. The van der Waals surface area contributed by atoms with Crippen LogP contribution in [0.1, 0.15) is 88.5 Å². The van der Waals surface area contributed by atoms with E-state index in [0.717, 1.165) is 48.4 Å². The molecule has 70 heavy (non-hydrogen) atoms. The second kappa shape index (κ2) is 16.4. The largest absolute Gasteiger partial charge is 0.310 e. The number of aryl methyl sites for hydroxylation is 2. The Labute approximate surface area is 410 Å². The Morgan fingerprint density at radius 3 is 1.09 bits per heavy atom. The highest BCUT2D eigenvalue weighted by atomic mass is 15.2. The lowest BCUT2D eigenvalue weighted by Gasteiger charge is -2.27. The normalized spacial score (nSPS) is 12.3. The first-order chi connectivity index (χ1) is 34.3. The van der Waals surface area contributed by atoms with Gasteiger partial charge in [-0.05, 0) is 132 Å². The molecule has 0 aliphatic heterocycles. The summed E-state index contributed by atoms with van der Waals surface area (Å²) in [4.78, 5) is 4.94. The zero-order chi connectivity index (χ0) is 47.4. The minimum Gasteiger partial charge on any atom is -0.310 e. The van der Waals surface area contributed by atoms with Gasteiger partial charge in [-0.1, -0.05) is 151 Å². The predicted octanol–water partition coefficient (Wildman–Crippen LogP) is 19.1. The molecule has 342 valence electrons. The number of fused-ring (bicyclic) bond motifs is 12. The molecule has 0 radical (unpaired) electrons. The molecule has 13 aromatic rings. The second-order valence-electron chi connectivity index (χ2n) is 20.3. The van der Waals surface area contributed by atoms with Gasteiger partial charge in [0.1, 0.15) is 0 Å². The van der Waals surface area contributed by atoms with Gasteiger partial charge in [-0.15, -0.1) is 0 Å². The number of benzene rings is 9. The van der Waals surface area contributed by atoms with Gasteiger partial charge in [-0.2, -0.15) is 0 Å². The fraction of sp³-hybridized carbons (Fsp3) is 0.182. The number of aromatic nitrogens is 2. The first kappa shape index (κ1) is 42.3. The summed E-state index contributed by atoms with van der Waals surface area (Å²) in [5.74, 6) is 0.915. The minimum atomic E-state index is 0.458.